The van der Waals surface area contributed by atoms with Crippen LogP contribution in [-0.2, 0) is 4.74 Å². The van der Waals surface area contributed by atoms with E-state index in [-0.39, 0.29) is 11.6 Å². The molecule has 1 aromatic rings. The topological polar surface area (TPSA) is 107 Å². The van der Waals surface area contributed by atoms with Crippen LogP contribution in [0.3, 0.4) is 0 Å². The van der Waals surface area contributed by atoms with Crippen LogP contribution in [0, 0.1) is 0 Å². The SMILES string of the molecule is C[C@@H](NC(=O)OC(C)(C)C)c1[nH]c(=O)[nH]c1O. The third kappa shape index (κ3) is 3.86. The smallest absolute Gasteiger partial charge is 0.408 e. The third-order valence-corrected chi connectivity index (χ3v) is 1.90. The normalized spacial score (nSPS) is 13.2. The van der Waals surface area contributed by atoms with Crippen molar-refractivity contribution < 1.29 is 14.6 Å². The van der Waals surface area contributed by atoms with Gasteiger partial charge in [0.2, 0.25) is 5.88 Å². The number of carbonyl (C=O) groups is 1. The summed E-state index contributed by atoms with van der Waals surface area (Å²) in [5, 5.41) is 11.9. The molecular weight excluding hydrogens is 226 g/mol. The fourth-order valence-electron chi connectivity index (χ4n) is 1.26. The van der Waals surface area contributed by atoms with E-state index in [1.54, 1.807) is 27.7 Å². The van der Waals surface area contributed by atoms with Gasteiger partial charge in [-0.15, -0.1) is 0 Å². The zero-order chi connectivity index (χ0) is 13.2. The van der Waals surface area contributed by atoms with Crippen LogP contribution in [0.4, 0.5) is 4.79 Å². The highest BCUT2D eigenvalue weighted by molar-refractivity contribution is 5.68. The summed E-state index contributed by atoms with van der Waals surface area (Å²) in [5.41, 5.74) is -0.923. The van der Waals surface area contributed by atoms with Crippen LogP contribution in [0.1, 0.15) is 39.4 Å². The Labute approximate surface area is 98.2 Å². The minimum atomic E-state index is -0.619. The lowest BCUT2D eigenvalue weighted by molar-refractivity contribution is 0.0506. The summed E-state index contributed by atoms with van der Waals surface area (Å²) >= 11 is 0. The van der Waals surface area contributed by atoms with E-state index >= 15 is 0 Å². The van der Waals surface area contributed by atoms with E-state index in [4.69, 9.17) is 4.74 Å². The molecule has 0 radical (unpaired) electrons. The minimum Gasteiger partial charge on any atom is -0.493 e. The van der Waals surface area contributed by atoms with Crippen LogP contribution in [-0.4, -0.2) is 26.8 Å². The molecule has 1 rings (SSSR count). The number of H-pyrrole nitrogens is 2. The van der Waals surface area contributed by atoms with Gasteiger partial charge in [-0.05, 0) is 27.7 Å². The van der Waals surface area contributed by atoms with E-state index in [1.807, 2.05) is 0 Å². The summed E-state index contributed by atoms with van der Waals surface area (Å²) in [6.07, 6.45) is -0.619. The molecule has 7 heteroatoms. The summed E-state index contributed by atoms with van der Waals surface area (Å²) in [6.45, 7) is 6.84. The van der Waals surface area contributed by atoms with E-state index in [2.05, 4.69) is 15.3 Å². The van der Waals surface area contributed by atoms with Crippen molar-refractivity contribution in [3.05, 3.63) is 16.2 Å². The zero-order valence-corrected chi connectivity index (χ0v) is 10.2. The van der Waals surface area contributed by atoms with Crippen molar-refractivity contribution in [1.29, 1.82) is 0 Å². The van der Waals surface area contributed by atoms with Gasteiger partial charge in [-0.25, -0.2) is 9.59 Å². The Balaban J connectivity index is 2.67. The molecule has 1 atom stereocenters. The van der Waals surface area contributed by atoms with Crippen LogP contribution in [0.25, 0.3) is 0 Å². The van der Waals surface area contributed by atoms with Crippen molar-refractivity contribution in [2.45, 2.75) is 39.3 Å². The Kier molecular flexibility index (Phi) is 3.50. The first kappa shape index (κ1) is 13.1. The van der Waals surface area contributed by atoms with Gasteiger partial charge in [0.1, 0.15) is 11.3 Å². The number of hydrogen-bond acceptors (Lipinski definition) is 4. The summed E-state index contributed by atoms with van der Waals surface area (Å²) < 4.78 is 5.04. The largest absolute Gasteiger partial charge is 0.493 e. The molecule has 0 aliphatic carbocycles. The first-order chi connectivity index (χ1) is 7.69. The molecule has 0 unspecified atom stereocenters. The van der Waals surface area contributed by atoms with Crippen molar-refractivity contribution >= 4 is 6.09 Å². The van der Waals surface area contributed by atoms with Gasteiger partial charge in [0.05, 0.1) is 6.04 Å². The lowest BCUT2D eigenvalue weighted by Gasteiger charge is -2.21. The molecule has 1 heterocycles. The third-order valence-electron chi connectivity index (χ3n) is 1.90. The van der Waals surface area contributed by atoms with Crippen LogP contribution in [0.15, 0.2) is 4.79 Å². The molecule has 17 heavy (non-hydrogen) atoms. The predicted molar refractivity (Wildman–Crippen MR) is 60.9 cm³/mol. The second kappa shape index (κ2) is 4.52. The molecule has 0 fully saturated rings. The van der Waals surface area contributed by atoms with E-state index in [0.29, 0.717) is 0 Å². The Morgan fingerprint density at radius 2 is 2.00 bits per heavy atom. The van der Waals surface area contributed by atoms with Crippen LogP contribution < -0.4 is 11.0 Å². The standard InChI is InChI=1S/C10H17N3O4/c1-5(6-7(14)13-8(15)12-6)11-9(16)17-10(2,3)4/h5,14H,1-4H3,(H,11,16)(H2,12,13,15)/t5-/m1/s1. The van der Waals surface area contributed by atoms with Gasteiger partial charge in [-0.3, -0.25) is 4.98 Å². The van der Waals surface area contributed by atoms with E-state index < -0.39 is 23.4 Å². The highest BCUT2D eigenvalue weighted by atomic mass is 16.6. The molecule has 96 valence electrons. The van der Waals surface area contributed by atoms with Gasteiger partial charge in [-0.2, -0.15) is 0 Å². The number of aromatic amines is 2. The maximum absolute atomic E-state index is 11.4. The van der Waals surface area contributed by atoms with Crippen molar-refractivity contribution in [3.8, 4) is 5.88 Å². The molecule has 0 aliphatic rings. The molecule has 0 aliphatic heterocycles. The summed E-state index contributed by atoms with van der Waals surface area (Å²) in [6, 6.07) is -0.566. The van der Waals surface area contributed by atoms with Gasteiger partial charge in [0.15, 0.2) is 0 Å². The quantitative estimate of drug-likeness (QED) is 0.621. The second-order valence-corrected chi connectivity index (χ2v) is 4.71. The average molecular weight is 243 g/mol. The van der Waals surface area contributed by atoms with Crippen LogP contribution in [0.2, 0.25) is 0 Å². The Morgan fingerprint density at radius 1 is 1.41 bits per heavy atom. The van der Waals surface area contributed by atoms with Gasteiger partial charge in [-0.1, -0.05) is 0 Å². The highest BCUT2D eigenvalue weighted by Gasteiger charge is 2.20. The Morgan fingerprint density at radius 3 is 2.41 bits per heavy atom. The number of rotatable bonds is 2. The monoisotopic (exact) mass is 243 g/mol. The van der Waals surface area contributed by atoms with Gasteiger partial charge in [0, 0.05) is 0 Å². The Bertz CT molecular complexity index is 455. The average Bonchev–Trinajstić information content (AvgIpc) is 2.41. The van der Waals surface area contributed by atoms with Crippen LogP contribution in [0.5, 0.6) is 5.88 Å². The number of imidazole rings is 1. The molecule has 0 spiro atoms. The van der Waals surface area contributed by atoms with E-state index in [0.717, 1.165) is 0 Å². The number of aromatic nitrogens is 2. The van der Waals surface area contributed by atoms with Gasteiger partial charge < -0.3 is 20.1 Å². The van der Waals surface area contributed by atoms with Gasteiger partial charge >= 0.3 is 11.8 Å². The summed E-state index contributed by atoms with van der Waals surface area (Å²) in [7, 11) is 0. The second-order valence-electron chi connectivity index (χ2n) is 4.71. The highest BCUT2D eigenvalue weighted by Crippen LogP contribution is 2.17. The molecule has 1 amide bonds. The molecule has 4 N–H and O–H groups in total. The molecule has 0 saturated carbocycles. The fraction of sp³-hybridized carbons (Fsp3) is 0.600. The lowest BCUT2D eigenvalue weighted by atomic mass is 10.2. The number of aromatic hydroxyl groups is 1. The maximum Gasteiger partial charge on any atom is 0.408 e. The number of amides is 1. The molecule has 0 bridgehead atoms. The lowest BCUT2D eigenvalue weighted by Crippen LogP contribution is -2.34. The fourth-order valence-corrected chi connectivity index (χ4v) is 1.26. The van der Waals surface area contributed by atoms with Crippen LogP contribution >= 0.6 is 0 Å². The molecule has 0 aromatic carbocycles. The van der Waals surface area contributed by atoms with Crippen molar-refractivity contribution in [1.82, 2.24) is 15.3 Å². The Hall–Kier alpha value is -1.92. The van der Waals surface area contributed by atoms with Crippen molar-refractivity contribution in [3.63, 3.8) is 0 Å². The molecule has 0 saturated heterocycles. The van der Waals surface area contributed by atoms with Crippen molar-refractivity contribution in [2.75, 3.05) is 0 Å². The van der Waals surface area contributed by atoms with Gasteiger partial charge in [0.25, 0.3) is 0 Å². The summed E-state index contributed by atoms with van der Waals surface area (Å²) in [4.78, 5) is 26.9. The zero-order valence-electron chi connectivity index (χ0n) is 10.2. The van der Waals surface area contributed by atoms with E-state index in [9.17, 15) is 14.7 Å². The first-order valence-corrected chi connectivity index (χ1v) is 5.19. The number of alkyl carbamates (subject to hydrolysis) is 1. The number of hydrogen-bond donors (Lipinski definition) is 4. The number of ether oxygens (including phenoxy) is 1. The minimum absolute atomic E-state index is 0.209. The van der Waals surface area contributed by atoms with Crippen molar-refractivity contribution in [2.24, 2.45) is 0 Å². The number of nitrogens with one attached hydrogen (secondary N) is 3. The number of carbonyl (C=O) groups excluding carboxylic acids is 1. The molecule has 1 aromatic heterocycles. The first-order valence-electron chi connectivity index (χ1n) is 5.19. The predicted octanol–water partition coefficient (Wildman–Crippen LogP) is 0.994. The molecular formula is C10H17N3O4. The van der Waals surface area contributed by atoms with E-state index in [1.165, 1.54) is 0 Å². The molecule has 7 nitrogen and oxygen atoms in total. The maximum atomic E-state index is 11.4. The summed E-state index contributed by atoms with van der Waals surface area (Å²) in [5.74, 6) is -0.293.